The van der Waals surface area contributed by atoms with E-state index in [0.29, 0.717) is 51.2 Å². The maximum absolute atomic E-state index is 14.7. The fourth-order valence-corrected chi connectivity index (χ4v) is 8.53. The Kier molecular flexibility index (Phi) is 17.4. The summed E-state index contributed by atoms with van der Waals surface area (Å²) < 4.78 is 12.2. The average molecular weight is 916 g/mol. The molecule has 4 atom stereocenters. The first-order valence-corrected chi connectivity index (χ1v) is 22.7. The average Bonchev–Trinajstić information content (AvgIpc) is 3.84. The van der Waals surface area contributed by atoms with E-state index in [1.54, 1.807) is 43.3 Å². The van der Waals surface area contributed by atoms with E-state index in [1.165, 1.54) is 56.3 Å². The molecule has 5 amide bonds. The second-order valence-corrected chi connectivity index (χ2v) is 16.9. The van der Waals surface area contributed by atoms with Gasteiger partial charge in [-0.25, -0.2) is 9.97 Å². The van der Waals surface area contributed by atoms with Crippen molar-refractivity contribution in [3.05, 3.63) is 94.8 Å². The van der Waals surface area contributed by atoms with Crippen LogP contribution in [0.3, 0.4) is 0 Å². The van der Waals surface area contributed by atoms with E-state index >= 15 is 0 Å². The highest BCUT2D eigenvalue weighted by Crippen LogP contribution is 2.40. The van der Waals surface area contributed by atoms with E-state index in [4.69, 9.17) is 26.7 Å². The molecular weight excluding hydrogens is 855 g/mol. The third-order valence-corrected chi connectivity index (χ3v) is 12.0. The number of ether oxygens (including phenoxy) is 2. The number of aryl methyl sites for hydroxylation is 1. The highest BCUT2D eigenvalue weighted by Gasteiger charge is 2.36. The Morgan fingerprint density at radius 1 is 0.910 bits per heavy atom. The molecule has 0 radical (unpaired) electrons. The molecule has 4 unspecified atom stereocenters. The molecule has 0 spiro atoms. The van der Waals surface area contributed by atoms with Crippen LogP contribution in [0.25, 0.3) is 22.5 Å². The molecule has 18 nitrogen and oxygen atoms in total. The van der Waals surface area contributed by atoms with E-state index in [0.717, 1.165) is 12.0 Å². The van der Waals surface area contributed by atoms with Crippen molar-refractivity contribution in [2.24, 2.45) is 23.1 Å². The van der Waals surface area contributed by atoms with Gasteiger partial charge in [0.25, 0.3) is 5.91 Å². The Balaban J connectivity index is 1.34. The van der Waals surface area contributed by atoms with Gasteiger partial charge in [-0.3, -0.25) is 24.0 Å². The number of amides is 5. The van der Waals surface area contributed by atoms with Crippen LogP contribution >= 0.6 is 0 Å². The quantitative estimate of drug-likeness (QED) is 0.0751. The maximum atomic E-state index is 14.7. The Labute approximate surface area is 390 Å². The molecule has 1 saturated carbocycles. The Morgan fingerprint density at radius 2 is 1.58 bits per heavy atom. The highest BCUT2D eigenvalue weighted by atomic mass is 16.5. The van der Waals surface area contributed by atoms with Crippen molar-refractivity contribution in [3.63, 3.8) is 0 Å². The summed E-state index contributed by atoms with van der Waals surface area (Å²) >= 11 is 0. The van der Waals surface area contributed by atoms with Crippen LogP contribution in [0.1, 0.15) is 77.8 Å². The third-order valence-electron chi connectivity index (χ3n) is 12.0. The van der Waals surface area contributed by atoms with Gasteiger partial charge in [0.1, 0.15) is 55.4 Å². The van der Waals surface area contributed by atoms with Crippen molar-refractivity contribution in [3.8, 4) is 40.1 Å². The molecule has 10 N–H and O–H groups in total. The highest BCUT2D eigenvalue weighted by molar-refractivity contribution is 6.00. The standard InChI is InChI=1S/C49H61N11O7/c1-29-38(28-55-44(56-29)34-11-8-32(9-12-34)24-31-6-4-5-7-31)46(62)58-39(16-17-50)49(65)60(3)43-35-13-15-42(67-23-20-53)37(27-35)36-25-33(10-14-41(36)66-22-19-52)26-40(47(63)54-21-18-51)59-45(61)30(2)57-48(43)64/h8-15,25,27-28,30-31,39-40,43H,4-7,16-17,19-24,26,50,52-53H2,1-3H3,(H,54,63)(H,57,64)(H,58,62)(H,59,61). The van der Waals surface area contributed by atoms with E-state index in [9.17, 15) is 29.2 Å². The molecule has 3 aromatic carbocycles. The van der Waals surface area contributed by atoms with Gasteiger partial charge >= 0.3 is 0 Å². The summed E-state index contributed by atoms with van der Waals surface area (Å²) in [6.45, 7) is 3.52. The summed E-state index contributed by atoms with van der Waals surface area (Å²) in [5.41, 5.74) is 22.2. The monoisotopic (exact) mass is 915 g/mol. The first-order valence-electron chi connectivity index (χ1n) is 22.7. The SMILES string of the molecule is Cc1nc(-c2ccc(CC3CCCC3)cc2)ncc1C(=O)NC(CCN)C(=O)N(C)C1C(=O)NC(C)C(=O)NC(C(=O)NCC#N)Cc2ccc(OCCN)c(c2)-c2cc1ccc2OCCN. The summed E-state index contributed by atoms with van der Waals surface area (Å²) in [5, 5.41) is 19.9. The van der Waals surface area contributed by atoms with Crippen molar-refractivity contribution in [2.45, 2.75) is 83.0 Å². The number of nitrogens with two attached hydrogens (primary N) is 3. The lowest BCUT2D eigenvalue weighted by Crippen LogP contribution is -2.56. The van der Waals surface area contributed by atoms with Crippen LogP contribution < -0.4 is 47.9 Å². The predicted octanol–water partition coefficient (Wildman–Crippen LogP) is 2.36. The van der Waals surface area contributed by atoms with Crippen LogP contribution in [0, 0.1) is 24.2 Å². The van der Waals surface area contributed by atoms with Crippen molar-refractivity contribution >= 4 is 29.5 Å². The van der Waals surface area contributed by atoms with Crippen LogP contribution in [0.2, 0.25) is 0 Å². The first kappa shape index (κ1) is 49.5. The second kappa shape index (κ2) is 23.5. The van der Waals surface area contributed by atoms with Gasteiger partial charge < -0.3 is 52.8 Å². The number of rotatable bonds is 17. The molecule has 4 aromatic rings. The second-order valence-electron chi connectivity index (χ2n) is 16.9. The molecule has 2 aliphatic rings. The minimum atomic E-state index is -1.40. The molecule has 18 heteroatoms. The normalized spacial score (nSPS) is 17.8. The number of benzene rings is 3. The predicted molar refractivity (Wildman–Crippen MR) is 251 cm³/mol. The number of hydrogen-bond donors (Lipinski definition) is 7. The van der Waals surface area contributed by atoms with Gasteiger partial charge in [-0.2, -0.15) is 5.26 Å². The van der Waals surface area contributed by atoms with Crippen molar-refractivity contribution < 1.29 is 33.4 Å². The lowest BCUT2D eigenvalue weighted by molar-refractivity contribution is -0.141. The number of carbonyl (C=O) groups is 5. The number of aromatic nitrogens is 2. The molecule has 0 saturated heterocycles. The molecule has 67 heavy (non-hydrogen) atoms. The van der Waals surface area contributed by atoms with Crippen LogP contribution in [-0.4, -0.2) is 109 Å². The summed E-state index contributed by atoms with van der Waals surface area (Å²) in [6, 6.07) is 15.2. The summed E-state index contributed by atoms with van der Waals surface area (Å²) in [5.74, 6) is -1.38. The molecule has 354 valence electrons. The summed E-state index contributed by atoms with van der Waals surface area (Å²) in [6.07, 6.45) is 7.58. The van der Waals surface area contributed by atoms with Gasteiger partial charge in [-0.15, -0.1) is 0 Å². The van der Waals surface area contributed by atoms with Crippen molar-refractivity contribution in [2.75, 3.05) is 46.4 Å². The van der Waals surface area contributed by atoms with E-state index in [2.05, 4.69) is 43.4 Å². The number of nitrogens with one attached hydrogen (secondary N) is 4. The number of hydrogen-bond acceptors (Lipinski definition) is 13. The minimum absolute atomic E-state index is 0.00450. The Hall–Kier alpha value is -6.94. The smallest absolute Gasteiger partial charge is 0.255 e. The maximum Gasteiger partial charge on any atom is 0.255 e. The van der Waals surface area contributed by atoms with E-state index in [1.807, 2.05) is 18.2 Å². The van der Waals surface area contributed by atoms with Gasteiger partial charge in [0.15, 0.2) is 5.82 Å². The Morgan fingerprint density at radius 3 is 2.22 bits per heavy atom. The minimum Gasteiger partial charge on any atom is -0.492 e. The summed E-state index contributed by atoms with van der Waals surface area (Å²) in [7, 11) is 1.42. The first-order chi connectivity index (χ1) is 32.3. The van der Waals surface area contributed by atoms with Crippen LogP contribution in [0.15, 0.2) is 66.9 Å². The van der Waals surface area contributed by atoms with Gasteiger partial charge in [0, 0.05) is 49.4 Å². The van der Waals surface area contributed by atoms with E-state index < -0.39 is 53.7 Å². The number of nitrogens with zero attached hydrogens (tertiary/aromatic N) is 4. The zero-order chi connectivity index (χ0) is 48.0. The lowest BCUT2D eigenvalue weighted by Gasteiger charge is -2.32. The Bertz CT molecular complexity index is 2450. The van der Waals surface area contributed by atoms with Gasteiger partial charge in [0.2, 0.25) is 23.6 Å². The van der Waals surface area contributed by atoms with Crippen LogP contribution in [-0.2, 0) is 32.0 Å². The largest absolute Gasteiger partial charge is 0.492 e. The van der Waals surface area contributed by atoms with Gasteiger partial charge in [-0.1, -0.05) is 62.1 Å². The topological polar surface area (TPSA) is 283 Å². The molecule has 1 aromatic heterocycles. The lowest BCUT2D eigenvalue weighted by atomic mass is 9.93. The number of carbonyl (C=O) groups excluding carboxylic acids is 5. The summed E-state index contributed by atoms with van der Waals surface area (Å²) in [4.78, 5) is 80.6. The molecular formula is C49H61N11O7. The third kappa shape index (κ3) is 12.5. The molecule has 1 fully saturated rings. The van der Waals surface area contributed by atoms with Gasteiger partial charge in [0.05, 0.1) is 17.3 Å². The molecule has 1 aliphatic carbocycles. The molecule has 4 bridgehead atoms. The van der Waals surface area contributed by atoms with Gasteiger partial charge in [-0.05, 0) is 80.1 Å². The molecule has 1 aliphatic heterocycles. The zero-order valence-electron chi connectivity index (χ0n) is 38.3. The zero-order valence-corrected chi connectivity index (χ0v) is 38.3. The fourth-order valence-electron chi connectivity index (χ4n) is 8.53. The van der Waals surface area contributed by atoms with Crippen LogP contribution in [0.4, 0.5) is 0 Å². The van der Waals surface area contributed by atoms with Crippen molar-refractivity contribution in [1.29, 1.82) is 5.26 Å². The van der Waals surface area contributed by atoms with Crippen LogP contribution in [0.5, 0.6) is 11.5 Å². The number of likely N-dealkylation sites (N-methyl/N-ethyl adjacent to an activating group) is 1. The number of nitriles is 1. The van der Waals surface area contributed by atoms with Crippen molar-refractivity contribution in [1.82, 2.24) is 36.1 Å². The molecule has 2 heterocycles. The number of fused-ring (bicyclic) bond motifs is 5. The van der Waals surface area contributed by atoms with E-state index in [-0.39, 0.29) is 57.8 Å². The molecule has 6 rings (SSSR count). The fraction of sp³-hybridized carbons (Fsp3) is 0.429.